The fourth-order valence-corrected chi connectivity index (χ4v) is 2.49. The molecule has 0 heterocycles. The molecule has 0 radical (unpaired) electrons. The SMILES string of the molecule is C=CCOCCOCCOCCOCCOCCOCCOCCOCCOCCOCCOC(C)C. The van der Waals surface area contributed by atoms with E-state index in [-0.39, 0.29) is 6.10 Å². The van der Waals surface area contributed by atoms with Gasteiger partial charge in [0.25, 0.3) is 0 Å². The van der Waals surface area contributed by atoms with Crippen LogP contribution in [0.4, 0.5) is 0 Å². The normalized spacial score (nSPS) is 11.5. The van der Waals surface area contributed by atoms with E-state index in [0.717, 1.165) is 0 Å². The van der Waals surface area contributed by atoms with E-state index < -0.39 is 0 Å². The van der Waals surface area contributed by atoms with Crippen molar-refractivity contribution in [3.8, 4) is 0 Å². The van der Waals surface area contributed by atoms with Crippen LogP contribution in [0.3, 0.4) is 0 Å². The maximum Gasteiger partial charge on any atom is 0.0704 e. The molecule has 0 aromatic carbocycles. The molecule has 11 heteroatoms. The molecule has 0 rings (SSSR count). The van der Waals surface area contributed by atoms with Crippen LogP contribution in [0, 0.1) is 0 Å². The molecule has 0 saturated carbocycles. The highest BCUT2D eigenvalue weighted by Crippen LogP contribution is 1.88. The average molecular weight is 541 g/mol. The molecule has 0 spiro atoms. The molecule has 0 bridgehead atoms. The van der Waals surface area contributed by atoms with Crippen molar-refractivity contribution in [1.29, 1.82) is 0 Å². The van der Waals surface area contributed by atoms with Crippen LogP contribution in [0.2, 0.25) is 0 Å². The van der Waals surface area contributed by atoms with Crippen LogP contribution < -0.4 is 0 Å². The highest BCUT2D eigenvalue weighted by Gasteiger charge is 1.96. The Bertz CT molecular complexity index is 427. The second kappa shape index (κ2) is 33.3. The van der Waals surface area contributed by atoms with E-state index in [1.54, 1.807) is 6.08 Å². The summed E-state index contributed by atoms with van der Waals surface area (Å²) in [4.78, 5) is 0. The van der Waals surface area contributed by atoms with Crippen LogP contribution in [0.25, 0.3) is 0 Å². The third-order valence-corrected chi connectivity index (χ3v) is 4.26. The van der Waals surface area contributed by atoms with Crippen LogP contribution in [0.5, 0.6) is 0 Å². The molecule has 0 N–H and O–H groups in total. The number of hydrogen-bond acceptors (Lipinski definition) is 11. The maximum absolute atomic E-state index is 5.46. The molecule has 0 aliphatic carbocycles. The third-order valence-electron chi connectivity index (χ3n) is 4.26. The Kier molecular flexibility index (Phi) is 32.7. The molecular weight excluding hydrogens is 488 g/mol. The summed E-state index contributed by atoms with van der Waals surface area (Å²) < 4.78 is 59.4. The van der Waals surface area contributed by atoms with Crippen LogP contribution in [0.15, 0.2) is 12.7 Å². The topological polar surface area (TPSA) is 102 Å². The van der Waals surface area contributed by atoms with Crippen molar-refractivity contribution in [3.05, 3.63) is 12.7 Å². The van der Waals surface area contributed by atoms with Gasteiger partial charge in [-0.2, -0.15) is 0 Å². The Hall–Kier alpha value is -0.700. The average Bonchev–Trinajstić information content (AvgIpc) is 2.89. The summed E-state index contributed by atoms with van der Waals surface area (Å²) >= 11 is 0. The van der Waals surface area contributed by atoms with E-state index >= 15 is 0 Å². The summed E-state index contributed by atoms with van der Waals surface area (Å²) in [6, 6.07) is 0. The summed E-state index contributed by atoms with van der Waals surface area (Å²) in [6.45, 7) is 19.0. The van der Waals surface area contributed by atoms with Crippen molar-refractivity contribution in [2.45, 2.75) is 20.0 Å². The minimum Gasteiger partial charge on any atom is -0.377 e. The first kappa shape index (κ1) is 36.3. The van der Waals surface area contributed by atoms with Gasteiger partial charge < -0.3 is 52.1 Å². The summed E-state index contributed by atoms with van der Waals surface area (Å²) in [7, 11) is 0. The molecule has 222 valence electrons. The van der Waals surface area contributed by atoms with Gasteiger partial charge in [-0.05, 0) is 13.8 Å². The fourth-order valence-electron chi connectivity index (χ4n) is 2.49. The van der Waals surface area contributed by atoms with Gasteiger partial charge in [0.1, 0.15) is 0 Å². The lowest BCUT2D eigenvalue weighted by atomic mass is 10.5. The van der Waals surface area contributed by atoms with Gasteiger partial charge in [-0.3, -0.25) is 0 Å². The molecule has 0 amide bonds. The predicted octanol–water partition coefficient (Wildman–Crippen LogP) is 1.76. The van der Waals surface area contributed by atoms with E-state index in [1.807, 2.05) is 13.8 Å². The molecule has 0 unspecified atom stereocenters. The van der Waals surface area contributed by atoms with Gasteiger partial charge in [-0.1, -0.05) is 6.08 Å². The molecule has 37 heavy (non-hydrogen) atoms. The Morgan fingerprint density at radius 2 is 0.595 bits per heavy atom. The third kappa shape index (κ3) is 35.3. The molecular formula is C26H52O11. The molecule has 0 aliphatic heterocycles. The smallest absolute Gasteiger partial charge is 0.0704 e. The first-order valence-electron chi connectivity index (χ1n) is 13.3. The minimum atomic E-state index is 0.235. The van der Waals surface area contributed by atoms with Crippen LogP contribution in [-0.2, 0) is 52.1 Å². The standard InChI is InChI=1S/C26H52O11/c1-4-5-27-6-7-28-8-9-29-10-11-30-12-13-31-14-15-32-16-17-33-18-19-34-20-21-35-22-23-36-24-25-37-26(2)3/h4,26H,1,5-25H2,2-3H3. The van der Waals surface area contributed by atoms with E-state index in [9.17, 15) is 0 Å². The summed E-state index contributed by atoms with van der Waals surface area (Å²) in [5, 5.41) is 0. The lowest BCUT2D eigenvalue weighted by Crippen LogP contribution is -2.15. The Labute approximate surface area is 223 Å². The number of ether oxygens (including phenoxy) is 11. The van der Waals surface area contributed by atoms with Crippen LogP contribution in [-0.4, -0.2) is 145 Å². The Balaban J connectivity index is 3.02. The molecule has 0 aromatic heterocycles. The first-order valence-corrected chi connectivity index (χ1v) is 13.3. The highest BCUT2D eigenvalue weighted by molar-refractivity contribution is 4.63. The lowest BCUT2D eigenvalue weighted by molar-refractivity contribution is -0.0285. The van der Waals surface area contributed by atoms with Gasteiger partial charge in [0.15, 0.2) is 0 Å². The van der Waals surface area contributed by atoms with E-state index in [0.29, 0.717) is 139 Å². The highest BCUT2D eigenvalue weighted by atomic mass is 16.6. The number of rotatable bonds is 33. The van der Waals surface area contributed by atoms with Crippen molar-refractivity contribution >= 4 is 0 Å². The predicted molar refractivity (Wildman–Crippen MR) is 139 cm³/mol. The van der Waals surface area contributed by atoms with E-state index in [4.69, 9.17) is 52.1 Å². The fraction of sp³-hybridized carbons (Fsp3) is 0.923. The lowest BCUT2D eigenvalue weighted by Gasteiger charge is -2.09. The Morgan fingerprint density at radius 3 is 0.811 bits per heavy atom. The zero-order valence-electron chi connectivity index (χ0n) is 23.2. The Morgan fingerprint density at radius 1 is 0.378 bits per heavy atom. The number of hydrogen-bond donors (Lipinski definition) is 0. The minimum absolute atomic E-state index is 0.235. The van der Waals surface area contributed by atoms with Crippen molar-refractivity contribution < 1.29 is 52.1 Å². The second-order valence-electron chi connectivity index (χ2n) is 7.79. The summed E-state index contributed by atoms with van der Waals surface area (Å²) in [5.41, 5.74) is 0. The van der Waals surface area contributed by atoms with E-state index in [2.05, 4.69) is 6.58 Å². The maximum atomic E-state index is 5.46. The zero-order chi connectivity index (χ0) is 26.9. The van der Waals surface area contributed by atoms with E-state index in [1.165, 1.54) is 0 Å². The largest absolute Gasteiger partial charge is 0.377 e. The van der Waals surface area contributed by atoms with Gasteiger partial charge in [-0.25, -0.2) is 0 Å². The van der Waals surface area contributed by atoms with Gasteiger partial charge >= 0.3 is 0 Å². The molecule has 11 nitrogen and oxygen atoms in total. The van der Waals surface area contributed by atoms with Gasteiger partial charge in [0.05, 0.1) is 145 Å². The molecule has 0 saturated heterocycles. The van der Waals surface area contributed by atoms with Gasteiger partial charge in [-0.15, -0.1) is 6.58 Å². The summed E-state index contributed by atoms with van der Waals surface area (Å²) in [6.07, 6.45) is 1.95. The monoisotopic (exact) mass is 540 g/mol. The summed E-state index contributed by atoms with van der Waals surface area (Å²) in [5.74, 6) is 0. The van der Waals surface area contributed by atoms with Crippen molar-refractivity contribution in [3.63, 3.8) is 0 Å². The van der Waals surface area contributed by atoms with Crippen molar-refractivity contribution in [2.75, 3.05) is 139 Å². The zero-order valence-corrected chi connectivity index (χ0v) is 23.2. The van der Waals surface area contributed by atoms with Crippen molar-refractivity contribution in [2.24, 2.45) is 0 Å². The quantitative estimate of drug-likeness (QED) is 0.0899. The first-order chi connectivity index (χ1) is 18.3. The molecule has 0 atom stereocenters. The van der Waals surface area contributed by atoms with Gasteiger partial charge in [0.2, 0.25) is 0 Å². The molecule has 0 aliphatic rings. The second-order valence-corrected chi connectivity index (χ2v) is 7.79. The van der Waals surface area contributed by atoms with Crippen molar-refractivity contribution in [1.82, 2.24) is 0 Å². The van der Waals surface area contributed by atoms with Crippen LogP contribution >= 0.6 is 0 Å². The van der Waals surface area contributed by atoms with Gasteiger partial charge in [0, 0.05) is 0 Å². The molecule has 0 aromatic rings. The van der Waals surface area contributed by atoms with Crippen LogP contribution in [0.1, 0.15) is 13.8 Å². The molecule has 0 fully saturated rings.